The van der Waals surface area contributed by atoms with Crippen LogP contribution in [-0.2, 0) is 11.3 Å². The highest BCUT2D eigenvalue weighted by Crippen LogP contribution is 1.79. The molecule has 0 aliphatic rings. The van der Waals surface area contributed by atoms with E-state index in [-0.39, 0.29) is 5.91 Å². The number of nitrogens with zero attached hydrogens (tertiary/aromatic N) is 1. The van der Waals surface area contributed by atoms with Gasteiger partial charge in [0.05, 0.1) is 11.9 Å². The van der Waals surface area contributed by atoms with Crippen molar-refractivity contribution in [3.8, 4) is 0 Å². The van der Waals surface area contributed by atoms with Crippen molar-refractivity contribution >= 4 is 21.8 Å². The number of carbonyl (C=O) groups excluding carboxylic acids is 1. The van der Waals surface area contributed by atoms with Gasteiger partial charge in [-0.05, 0) is 0 Å². The molecule has 0 radical (unpaired) electrons. The maximum Gasteiger partial charge on any atom is 0.230 e. The predicted octanol–water partition coefficient (Wildman–Crippen LogP) is 0.485. The zero-order valence-corrected chi connectivity index (χ0v) is 8.83. The van der Waals surface area contributed by atoms with Crippen molar-refractivity contribution in [2.75, 3.05) is 11.9 Å². The minimum atomic E-state index is 0.0246. The van der Waals surface area contributed by atoms with Crippen LogP contribution in [-0.4, -0.2) is 17.8 Å². The molecule has 70 valence electrons. The molecule has 13 heavy (non-hydrogen) atoms. The first-order valence-electron chi connectivity index (χ1n) is 4.09. The van der Waals surface area contributed by atoms with E-state index in [4.69, 9.17) is 0 Å². The van der Waals surface area contributed by atoms with E-state index in [2.05, 4.69) is 21.2 Å². The molecule has 1 aromatic rings. The summed E-state index contributed by atoms with van der Waals surface area (Å²) in [7, 11) is 0. The number of alkyl halides is 1. The molecular formula is C9H12BrN2O+. The monoisotopic (exact) mass is 243 g/mol. The van der Waals surface area contributed by atoms with E-state index in [1.54, 1.807) is 0 Å². The van der Waals surface area contributed by atoms with Gasteiger partial charge in [0.1, 0.15) is 0 Å². The van der Waals surface area contributed by atoms with E-state index < -0.39 is 0 Å². The van der Waals surface area contributed by atoms with Gasteiger partial charge in [-0.2, -0.15) is 0 Å². The number of pyridine rings is 1. The van der Waals surface area contributed by atoms with Gasteiger partial charge in [-0.3, -0.25) is 4.79 Å². The lowest BCUT2D eigenvalue weighted by Gasteiger charge is -1.99. The molecule has 0 unspecified atom stereocenters. The summed E-state index contributed by atoms with van der Waals surface area (Å²) in [6.45, 7) is 1.47. The number of nitrogens with one attached hydrogen (secondary N) is 1. The Morgan fingerprint density at radius 2 is 2.00 bits per heavy atom. The second-order valence-electron chi connectivity index (χ2n) is 2.60. The molecule has 0 saturated carbocycles. The van der Waals surface area contributed by atoms with Gasteiger partial charge in [0, 0.05) is 12.1 Å². The van der Waals surface area contributed by atoms with Crippen LogP contribution in [0.3, 0.4) is 0 Å². The predicted molar refractivity (Wildman–Crippen MR) is 53.4 cm³/mol. The van der Waals surface area contributed by atoms with Crippen molar-refractivity contribution in [1.82, 2.24) is 5.32 Å². The van der Waals surface area contributed by atoms with Gasteiger partial charge in [-0.15, -0.1) is 0 Å². The molecule has 0 spiro atoms. The van der Waals surface area contributed by atoms with Crippen molar-refractivity contribution in [3.63, 3.8) is 0 Å². The molecule has 1 heterocycles. The quantitative estimate of drug-likeness (QED) is 0.606. The second kappa shape index (κ2) is 5.70. The van der Waals surface area contributed by atoms with Gasteiger partial charge in [0.25, 0.3) is 0 Å². The summed E-state index contributed by atoms with van der Waals surface area (Å²) in [4.78, 5) is 10.8. The third kappa shape index (κ3) is 4.03. The molecule has 0 aliphatic heterocycles. The maximum absolute atomic E-state index is 10.8. The lowest BCUT2D eigenvalue weighted by atomic mass is 10.4. The number of carbonyl (C=O) groups is 1. The van der Waals surface area contributed by atoms with Gasteiger partial charge in [-0.25, -0.2) is 4.57 Å². The van der Waals surface area contributed by atoms with Crippen molar-refractivity contribution in [2.24, 2.45) is 0 Å². The summed E-state index contributed by atoms with van der Waals surface area (Å²) in [6.07, 6.45) is 3.95. The average molecular weight is 244 g/mol. The van der Waals surface area contributed by atoms with Gasteiger partial charge < -0.3 is 5.32 Å². The molecule has 1 amide bonds. The van der Waals surface area contributed by atoms with Crippen LogP contribution < -0.4 is 9.88 Å². The fraction of sp³-hybridized carbons (Fsp3) is 0.333. The Morgan fingerprint density at radius 3 is 2.62 bits per heavy atom. The van der Waals surface area contributed by atoms with Crippen LogP contribution >= 0.6 is 15.9 Å². The summed E-state index contributed by atoms with van der Waals surface area (Å²) < 4.78 is 2.02. The Morgan fingerprint density at radius 1 is 1.31 bits per heavy atom. The fourth-order valence-electron chi connectivity index (χ4n) is 0.955. The van der Waals surface area contributed by atoms with Crippen LogP contribution in [0.25, 0.3) is 0 Å². The minimum absolute atomic E-state index is 0.0246. The van der Waals surface area contributed by atoms with E-state index in [1.807, 2.05) is 35.2 Å². The molecule has 1 N–H and O–H groups in total. The number of aromatic nitrogens is 1. The second-order valence-corrected chi connectivity index (χ2v) is 3.16. The molecule has 3 nitrogen and oxygen atoms in total. The van der Waals surface area contributed by atoms with Gasteiger partial charge >= 0.3 is 0 Å². The molecule has 1 aromatic heterocycles. The van der Waals surface area contributed by atoms with Crippen LogP contribution in [0.2, 0.25) is 0 Å². The summed E-state index contributed by atoms with van der Waals surface area (Å²) in [6, 6.07) is 5.90. The van der Waals surface area contributed by atoms with E-state index in [1.165, 1.54) is 0 Å². The topological polar surface area (TPSA) is 33.0 Å². The van der Waals surface area contributed by atoms with Crippen LogP contribution in [0.5, 0.6) is 0 Å². The van der Waals surface area contributed by atoms with Crippen LogP contribution in [0.15, 0.2) is 30.6 Å². The lowest BCUT2D eigenvalue weighted by Crippen LogP contribution is -2.40. The van der Waals surface area contributed by atoms with E-state index in [0.717, 1.165) is 6.54 Å². The molecule has 0 aliphatic carbocycles. The summed E-state index contributed by atoms with van der Waals surface area (Å²) >= 11 is 3.08. The highest BCUT2D eigenvalue weighted by atomic mass is 79.9. The Labute approximate surface area is 85.9 Å². The van der Waals surface area contributed by atoms with E-state index >= 15 is 0 Å². The summed E-state index contributed by atoms with van der Waals surface area (Å²) in [5, 5.41) is 3.14. The largest absolute Gasteiger partial charge is 0.349 e. The Balaban J connectivity index is 2.24. The molecule has 0 bridgehead atoms. The maximum atomic E-state index is 10.8. The number of rotatable bonds is 4. The van der Waals surface area contributed by atoms with Crippen molar-refractivity contribution < 1.29 is 9.36 Å². The van der Waals surface area contributed by atoms with Crippen molar-refractivity contribution in [3.05, 3.63) is 30.6 Å². The van der Waals surface area contributed by atoms with Crippen LogP contribution in [0, 0.1) is 0 Å². The van der Waals surface area contributed by atoms with Crippen molar-refractivity contribution in [1.29, 1.82) is 0 Å². The van der Waals surface area contributed by atoms with Gasteiger partial charge in [-0.1, -0.05) is 22.0 Å². The molecule has 0 saturated heterocycles. The van der Waals surface area contributed by atoms with Crippen LogP contribution in [0.1, 0.15) is 0 Å². The van der Waals surface area contributed by atoms with E-state index in [0.29, 0.717) is 11.9 Å². The fourth-order valence-corrected chi connectivity index (χ4v) is 1.15. The Kier molecular flexibility index (Phi) is 4.46. The number of hydrogen-bond acceptors (Lipinski definition) is 1. The first-order chi connectivity index (χ1) is 6.33. The normalized spacial score (nSPS) is 9.62. The Hall–Kier alpha value is -0.900. The van der Waals surface area contributed by atoms with E-state index in [9.17, 15) is 4.79 Å². The van der Waals surface area contributed by atoms with Gasteiger partial charge in [0.15, 0.2) is 18.9 Å². The summed E-state index contributed by atoms with van der Waals surface area (Å²) in [5.74, 6) is 0.0246. The molecule has 1 rings (SSSR count). The zero-order chi connectivity index (χ0) is 9.52. The van der Waals surface area contributed by atoms with Crippen molar-refractivity contribution in [2.45, 2.75) is 6.54 Å². The molecule has 4 heteroatoms. The number of hydrogen-bond donors (Lipinski definition) is 1. The average Bonchev–Trinajstić information content (AvgIpc) is 2.19. The summed E-state index contributed by atoms with van der Waals surface area (Å²) in [5.41, 5.74) is 0. The third-order valence-electron chi connectivity index (χ3n) is 1.59. The Bertz CT molecular complexity index is 264. The highest BCUT2D eigenvalue weighted by molar-refractivity contribution is 9.09. The SMILES string of the molecule is O=C(CBr)NCC[n+]1ccccc1. The smallest absolute Gasteiger partial charge is 0.230 e. The van der Waals surface area contributed by atoms with Gasteiger partial charge in [0.2, 0.25) is 5.91 Å². The first kappa shape index (κ1) is 10.2. The lowest BCUT2D eigenvalue weighted by molar-refractivity contribution is -0.694. The molecule has 0 fully saturated rings. The molecular weight excluding hydrogens is 232 g/mol. The zero-order valence-electron chi connectivity index (χ0n) is 7.24. The standard InChI is InChI=1S/C9H11BrN2O/c10-8-9(13)11-4-7-12-5-2-1-3-6-12/h1-3,5-6H,4,7-8H2/p+1. The minimum Gasteiger partial charge on any atom is -0.349 e. The number of halogens is 1. The van der Waals surface area contributed by atoms with Crippen LogP contribution in [0.4, 0.5) is 0 Å². The highest BCUT2D eigenvalue weighted by Gasteiger charge is 1.99. The molecule has 0 aromatic carbocycles. The first-order valence-corrected chi connectivity index (χ1v) is 5.22. The third-order valence-corrected chi connectivity index (χ3v) is 2.10. The molecule has 0 atom stereocenters. The number of amides is 1.